The molecule has 1 saturated carbocycles. The van der Waals surface area contributed by atoms with Gasteiger partial charge in [-0.05, 0) is 37.0 Å². The van der Waals surface area contributed by atoms with Crippen molar-refractivity contribution in [2.24, 2.45) is 5.92 Å². The summed E-state index contributed by atoms with van der Waals surface area (Å²) in [6, 6.07) is 6.96. The first-order valence-electron chi connectivity index (χ1n) is 10.3. The Morgan fingerprint density at radius 2 is 1.93 bits per heavy atom. The Morgan fingerprint density at radius 3 is 2.62 bits per heavy atom. The molecular weight excluding hydrogens is 366 g/mol. The summed E-state index contributed by atoms with van der Waals surface area (Å²) < 4.78 is 3.28. The number of pyridine rings is 2. The first kappa shape index (κ1) is 19.4. The van der Waals surface area contributed by atoms with Crippen LogP contribution in [0.5, 0.6) is 0 Å². The Balaban J connectivity index is 1.99. The summed E-state index contributed by atoms with van der Waals surface area (Å²) in [5.41, 5.74) is 1.20. The minimum atomic E-state index is -0.274. The van der Waals surface area contributed by atoms with Crippen molar-refractivity contribution >= 4 is 22.6 Å². The molecule has 0 radical (unpaired) electrons. The van der Waals surface area contributed by atoms with Crippen molar-refractivity contribution < 1.29 is 4.79 Å². The fraction of sp³-hybridized carbons (Fsp3) is 0.455. The van der Waals surface area contributed by atoms with Crippen molar-refractivity contribution in [3.8, 4) is 0 Å². The second-order valence-corrected chi connectivity index (χ2v) is 8.16. The van der Waals surface area contributed by atoms with E-state index in [0.29, 0.717) is 29.1 Å². The van der Waals surface area contributed by atoms with Crippen molar-refractivity contribution in [3.63, 3.8) is 0 Å². The van der Waals surface area contributed by atoms with Crippen LogP contribution in [-0.2, 0) is 6.54 Å². The molecule has 3 aromatic heterocycles. The molecule has 4 rings (SSSR count). The molecule has 1 N–H and O–H groups in total. The number of hydrogen-bond acceptors (Lipinski definition) is 4. The predicted molar refractivity (Wildman–Crippen MR) is 112 cm³/mol. The lowest BCUT2D eigenvalue weighted by molar-refractivity contribution is 0.0824. The van der Waals surface area contributed by atoms with E-state index in [1.54, 1.807) is 43.1 Å². The molecule has 152 valence electrons. The highest BCUT2D eigenvalue weighted by atomic mass is 16.2. The zero-order valence-electron chi connectivity index (χ0n) is 17.0. The van der Waals surface area contributed by atoms with Gasteiger partial charge in [-0.3, -0.25) is 19.4 Å². The van der Waals surface area contributed by atoms with Gasteiger partial charge in [-0.25, -0.2) is 4.98 Å². The van der Waals surface area contributed by atoms with Crippen LogP contribution in [0.3, 0.4) is 0 Å². The smallest absolute Gasteiger partial charge is 0.267 e. The van der Waals surface area contributed by atoms with E-state index in [1.807, 2.05) is 6.07 Å². The number of amides is 1. The third kappa shape index (κ3) is 3.57. The Kier molecular flexibility index (Phi) is 5.22. The zero-order valence-corrected chi connectivity index (χ0v) is 17.0. The molecule has 1 fully saturated rings. The minimum Gasteiger partial charge on any atom is -0.345 e. The van der Waals surface area contributed by atoms with Crippen molar-refractivity contribution in [2.75, 3.05) is 14.1 Å². The van der Waals surface area contributed by atoms with Crippen molar-refractivity contribution in [2.45, 2.75) is 45.1 Å². The van der Waals surface area contributed by atoms with Gasteiger partial charge in [0.05, 0.1) is 10.9 Å². The van der Waals surface area contributed by atoms with Crippen molar-refractivity contribution in [1.29, 1.82) is 5.41 Å². The van der Waals surface area contributed by atoms with Crippen LogP contribution < -0.4 is 11.0 Å². The summed E-state index contributed by atoms with van der Waals surface area (Å²) in [5, 5.41) is 9.15. The van der Waals surface area contributed by atoms with E-state index >= 15 is 0 Å². The number of hydrogen-bond donors (Lipinski definition) is 1. The number of nitrogens with zero attached hydrogens (tertiary/aromatic N) is 4. The minimum absolute atomic E-state index is 0.132. The Bertz CT molecular complexity index is 1180. The maximum absolute atomic E-state index is 13.2. The van der Waals surface area contributed by atoms with Crippen LogP contribution in [0.15, 0.2) is 35.3 Å². The molecule has 7 heteroatoms. The highest BCUT2D eigenvalue weighted by Crippen LogP contribution is 2.25. The molecule has 0 atom stereocenters. The summed E-state index contributed by atoms with van der Waals surface area (Å²) in [6.45, 7) is 0.610. The molecule has 1 aliphatic carbocycles. The Hall–Kier alpha value is -2.96. The maximum atomic E-state index is 13.2. The molecule has 0 aromatic carbocycles. The second kappa shape index (κ2) is 7.81. The van der Waals surface area contributed by atoms with Crippen LogP contribution in [0.25, 0.3) is 16.7 Å². The summed E-state index contributed by atoms with van der Waals surface area (Å²) in [5.74, 6) is 0.152. The van der Waals surface area contributed by atoms with E-state index in [9.17, 15) is 9.59 Å². The number of aromatic nitrogens is 3. The third-order valence-corrected chi connectivity index (χ3v) is 5.87. The van der Waals surface area contributed by atoms with Gasteiger partial charge in [0.15, 0.2) is 0 Å². The summed E-state index contributed by atoms with van der Waals surface area (Å²) >= 11 is 0. The van der Waals surface area contributed by atoms with Gasteiger partial charge in [-0.15, -0.1) is 0 Å². The van der Waals surface area contributed by atoms with Crippen LogP contribution in [0, 0.1) is 11.3 Å². The molecule has 3 aromatic rings. The maximum Gasteiger partial charge on any atom is 0.267 e. The number of fused-ring (bicyclic) bond motifs is 2. The average molecular weight is 393 g/mol. The van der Waals surface area contributed by atoms with Crippen LogP contribution in [0.2, 0.25) is 0 Å². The first-order valence-corrected chi connectivity index (χ1v) is 10.3. The zero-order chi connectivity index (χ0) is 20.5. The number of carbonyl (C=O) groups excluding carboxylic acids is 1. The van der Waals surface area contributed by atoms with Gasteiger partial charge in [0, 0.05) is 26.8 Å². The lowest BCUT2D eigenvalue weighted by Crippen LogP contribution is -2.35. The number of rotatable bonds is 3. The molecule has 3 heterocycles. The molecule has 0 saturated heterocycles. The van der Waals surface area contributed by atoms with Crippen LogP contribution in [-0.4, -0.2) is 38.9 Å². The summed E-state index contributed by atoms with van der Waals surface area (Å²) in [4.78, 5) is 32.1. The van der Waals surface area contributed by atoms with Gasteiger partial charge >= 0.3 is 0 Å². The molecule has 0 unspecified atom stereocenters. The molecular formula is C22H27N5O2. The second-order valence-electron chi connectivity index (χ2n) is 8.16. The highest BCUT2D eigenvalue weighted by Gasteiger charge is 2.21. The molecule has 1 amide bonds. The van der Waals surface area contributed by atoms with E-state index in [4.69, 9.17) is 10.4 Å². The van der Waals surface area contributed by atoms with Crippen LogP contribution in [0.1, 0.15) is 48.9 Å². The molecule has 0 aliphatic heterocycles. The van der Waals surface area contributed by atoms with Gasteiger partial charge in [-0.2, -0.15) is 0 Å². The topological polar surface area (TPSA) is 83.5 Å². The quantitative estimate of drug-likeness (QED) is 0.549. The Morgan fingerprint density at radius 1 is 1.21 bits per heavy atom. The van der Waals surface area contributed by atoms with Gasteiger partial charge in [0.25, 0.3) is 11.5 Å². The molecule has 7 nitrogen and oxygen atoms in total. The largest absolute Gasteiger partial charge is 0.345 e. The van der Waals surface area contributed by atoms with Crippen LogP contribution >= 0.6 is 0 Å². The summed E-state index contributed by atoms with van der Waals surface area (Å²) in [7, 11) is 3.32. The SMILES string of the molecule is CN(C)C(=O)c1cc2c(=O)n3ccccc3nc2n(CC2CCCCCC2)c1=N. The molecule has 1 aliphatic rings. The normalized spacial score (nSPS) is 15.5. The van der Waals surface area contributed by atoms with Gasteiger partial charge in [0.2, 0.25) is 0 Å². The van der Waals surface area contributed by atoms with Gasteiger partial charge in [-0.1, -0.05) is 31.7 Å². The summed E-state index contributed by atoms with van der Waals surface area (Å²) in [6.07, 6.45) is 8.76. The molecule has 0 bridgehead atoms. The number of nitrogens with one attached hydrogen (secondary N) is 1. The average Bonchev–Trinajstić information content (AvgIpc) is 2.98. The number of carbonyl (C=O) groups is 1. The fourth-order valence-corrected chi connectivity index (χ4v) is 4.27. The lowest BCUT2D eigenvalue weighted by atomic mass is 10.00. The standard InChI is InChI=1S/C22H27N5O2/c1-25(2)21(28)16-13-17-20(24-18-11-7-8-12-26(18)22(17)29)27(19(16)23)14-15-9-5-3-4-6-10-15/h7-8,11-13,15,23H,3-6,9-10,14H2,1-2H3. The first-order chi connectivity index (χ1) is 14.0. The van der Waals surface area contributed by atoms with Crippen molar-refractivity contribution in [1.82, 2.24) is 18.9 Å². The van der Waals surface area contributed by atoms with Crippen molar-refractivity contribution in [3.05, 3.63) is 51.9 Å². The van der Waals surface area contributed by atoms with E-state index in [-0.39, 0.29) is 22.5 Å². The van der Waals surface area contributed by atoms with E-state index in [1.165, 1.54) is 35.0 Å². The highest BCUT2D eigenvalue weighted by molar-refractivity contribution is 5.96. The molecule has 0 spiro atoms. The lowest BCUT2D eigenvalue weighted by Gasteiger charge is -2.20. The van der Waals surface area contributed by atoms with E-state index < -0.39 is 0 Å². The van der Waals surface area contributed by atoms with Crippen LogP contribution in [0.4, 0.5) is 0 Å². The predicted octanol–water partition coefficient (Wildman–Crippen LogP) is 2.80. The van der Waals surface area contributed by atoms with Gasteiger partial charge in [0.1, 0.15) is 16.8 Å². The Labute approximate surface area is 169 Å². The van der Waals surface area contributed by atoms with E-state index in [2.05, 4.69) is 0 Å². The van der Waals surface area contributed by atoms with E-state index in [0.717, 1.165) is 12.8 Å². The van der Waals surface area contributed by atoms with Gasteiger partial charge < -0.3 is 9.47 Å². The molecule has 29 heavy (non-hydrogen) atoms. The fourth-order valence-electron chi connectivity index (χ4n) is 4.27. The third-order valence-electron chi connectivity index (χ3n) is 5.87. The monoisotopic (exact) mass is 393 g/mol.